The molecule has 0 amide bonds. The number of aromatic nitrogens is 3. The SMILES string of the molecule is Cc1cc(-c2ccc3nc(Cl)nc(N4CCOC[C@@H]4c4ccccc4)c3c2)cn(C)c1=O. The fourth-order valence-electron chi connectivity index (χ4n) is 4.33. The van der Waals surface area contributed by atoms with Gasteiger partial charge in [-0.05, 0) is 53.4 Å². The van der Waals surface area contributed by atoms with E-state index in [0.29, 0.717) is 25.3 Å². The van der Waals surface area contributed by atoms with Crippen LogP contribution in [0.15, 0.2) is 65.6 Å². The Morgan fingerprint density at radius 2 is 1.88 bits per heavy atom. The van der Waals surface area contributed by atoms with Crippen molar-refractivity contribution in [2.75, 3.05) is 24.7 Å². The lowest BCUT2D eigenvalue weighted by molar-refractivity contribution is 0.0939. The molecule has 0 N–H and O–H groups in total. The third kappa shape index (κ3) is 3.76. The van der Waals surface area contributed by atoms with Crippen LogP contribution in [0.25, 0.3) is 22.0 Å². The normalized spacial score (nSPS) is 16.5. The first-order valence-electron chi connectivity index (χ1n) is 10.6. The van der Waals surface area contributed by atoms with Crippen molar-refractivity contribution in [3.8, 4) is 11.1 Å². The molecule has 0 unspecified atom stereocenters. The molecule has 2 aromatic carbocycles. The molecule has 1 saturated heterocycles. The monoisotopic (exact) mass is 446 g/mol. The highest BCUT2D eigenvalue weighted by atomic mass is 35.5. The minimum Gasteiger partial charge on any atom is -0.377 e. The lowest BCUT2D eigenvalue weighted by atomic mass is 10.0. The number of hydrogen-bond acceptors (Lipinski definition) is 5. The predicted octanol–water partition coefficient (Wildman–Crippen LogP) is 4.54. The summed E-state index contributed by atoms with van der Waals surface area (Å²) in [5, 5.41) is 1.14. The molecule has 1 fully saturated rings. The van der Waals surface area contributed by atoms with Crippen LogP contribution in [0, 0.1) is 6.92 Å². The molecular formula is C25H23ClN4O2. The Labute approximate surface area is 191 Å². The van der Waals surface area contributed by atoms with E-state index in [1.54, 1.807) is 11.6 Å². The zero-order chi connectivity index (χ0) is 22.2. The van der Waals surface area contributed by atoms with Crippen LogP contribution >= 0.6 is 11.6 Å². The average molecular weight is 447 g/mol. The van der Waals surface area contributed by atoms with Gasteiger partial charge in [-0.25, -0.2) is 4.98 Å². The molecule has 32 heavy (non-hydrogen) atoms. The molecule has 1 atom stereocenters. The molecule has 1 aliphatic rings. The number of halogens is 1. The van der Waals surface area contributed by atoms with Gasteiger partial charge in [0.05, 0.1) is 24.8 Å². The molecule has 162 valence electrons. The maximum absolute atomic E-state index is 12.1. The maximum atomic E-state index is 12.1. The van der Waals surface area contributed by atoms with Gasteiger partial charge in [-0.3, -0.25) is 4.79 Å². The fraction of sp³-hybridized carbons (Fsp3) is 0.240. The van der Waals surface area contributed by atoms with Crippen molar-refractivity contribution in [1.82, 2.24) is 14.5 Å². The van der Waals surface area contributed by atoms with Crippen molar-refractivity contribution < 1.29 is 4.74 Å². The number of nitrogens with zero attached hydrogens (tertiary/aromatic N) is 4. The number of hydrogen-bond donors (Lipinski definition) is 0. The summed E-state index contributed by atoms with van der Waals surface area (Å²) in [7, 11) is 1.77. The Bertz CT molecular complexity index is 1330. The van der Waals surface area contributed by atoms with E-state index in [1.165, 1.54) is 5.56 Å². The molecule has 2 aromatic heterocycles. The van der Waals surface area contributed by atoms with Gasteiger partial charge in [0.2, 0.25) is 5.28 Å². The van der Waals surface area contributed by atoms with Gasteiger partial charge >= 0.3 is 0 Å². The quantitative estimate of drug-likeness (QED) is 0.432. The largest absolute Gasteiger partial charge is 0.377 e. The lowest BCUT2D eigenvalue weighted by Gasteiger charge is -2.37. The zero-order valence-corrected chi connectivity index (χ0v) is 18.7. The average Bonchev–Trinajstić information content (AvgIpc) is 2.82. The van der Waals surface area contributed by atoms with Gasteiger partial charge in [0.1, 0.15) is 5.82 Å². The third-order valence-corrected chi connectivity index (χ3v) is 6.10. The molecule has 0 aliphatic carbocycles. The van der Waals surface area contributed by atoms with Crippen LogP contribution in [0.3, 0.4) is 0 Å². The van der Waals surface area contributed by atoms with Crippen molar-refractivity contribution in [1.29, 1.82) is 0 Å². The molecule has 0 saturated carbocycles. The summed E-state index contributed by atoms with van der Waals surface area (Å²) >= 11 is 6.33. The van der Waals surface area contributed by atoms with E-state index in [4.69, 9.17) is 16.3 Å². The van der Waals surface area contributed by atoms with Crippen LogP contribution in [0.4, 0.5) is 5.82 Å². The Morgan fingerprint density at radius 3 is 2.66 bits per heavy atom. The number of ether oxygens (including phenoxy) is 1. The van der Waals surface area contributed by atoms with Crippen LogP contribution < -0.4 is 10.5 Å². The van der Waals surface area contributed by atoms with Crippen molar-refractivity contribution in [2.45, 2.75) is 13.0 Å². The topological polar surface area (TPSA) is 60.2 Å². The molecule has 0 radical (unpaired) electrons. The number of aryl methyl sites for hydroxylation is 2. The Hall–Kier alpha value is -3.22. The second-order valence-electron chi connectivity index (χ2n) is 8.07. The number of morpholine rings is 1. The molecule has 0 spiro atoms. The van der Waals surface area contributed by atoms with Gasteiger partial charge in [0.15, 0.2) is 0 Å². The Balaban J connectivity index is 1.67. The highest BCUT2D eigenvalue weighted by molar-refractivity contribution is 6.28. The van der Waals surface area contributed by atoms with Crippen LogP contribution in [-0.2, 0) is 11.8 Å². The molecule has 4 aromatic rings. The molecule has 7 heteroatoms. The minimum absolute atomic E-state index is 0.00404. The Morgan fingerprint density at radius 1 is 1.06 bits per heavy atom. The molecule has 3 heterocycles. The van der Waals surface area contributed by atoms with E-state index in [1.807, 2.05) is 49.5 Å². The van der Waals surface area contributed by atoms with Gasteiger partial charge in [-0.2, -0.15) is 4.98 Å². The first-order chi connectivity index (χ1) is 15.5. The van der Waals surface area contributed by atoms with Crippen molar-refractivity contribution >= 4 is 28.3 Å². The van der Waals surface area contributed by atoms with Crippen LogP contribution in [0.2, 0.25) is 5.28 Å². The summed E-state index contributed by atoms with van der Waals surface area (Å²) in [6.45, 7) is 3.73. The van der Waals surface area contributed by atoms with Gasteiger partial charge < -0.3 is 14.2 Å². The molecular weight excluding hydrogens is 424 g/mol. The summed E-state index contributed by atoms with van der Waals surface area (Å²) < 4.78 is 7.42. The van der Waals surface area contributed by atoms with E-state index < -0.39 is 0 Å². The van der Waals surface area contributed by atoms with Crippen LogP contribution in [0.1, 0.15) is 17.2 Å². The third-order valence-electron chi connectivity index (χ3n) is 5.93. The first kappa shape index (κ1) is 20.7. The Kier molecular flexibility index (Phi) is 5.41. The number of fused-ring (bicyclic) bond motifs is 1. The number of benzene rings is 2. The minimum atomic E-state index is 0.00404. The zero-order valence-electron chi connectivity index (χ0n) is 18.0. The number of anilines is 1. The standard InChI is InChI=1S/C25H23ClN4O2/c1-16-12-19(14-29(2)24(16)31)18-8-9-21-20(13-18)23(28-25(26)27-21)30-10-11-32-15-22(30)17-6-4-3-5-7-17/h3-9,12-14,22H,10-11,15H2,1-2H3/t22-/m1/s1. The summed E-state index contributed by atoms with van der Waals surface area (Å²) in [6.07, 6.45) is 1.86. The van der Waals surface area contributed by atoms with E-state index in [0.717, 1.165) is 27.8 Å². The summed E-state index contributed by atoms with van der Waals surface area (Å²) in [4.78, 5) is 23.5. The second-order valence-corrected chi connectivity index (χ2v) is 8.41. The highest BCUT2D eigenvalue weighted by Gasteiger charge is 2.28. The van der Waals surface area contributed by atoms with Gasteiger partial charge in [0.25, 0.3) is 5.56 Å². The summed E-state index contributed by atoms with van der Waals surface area (Å²) in [5.41, 5.74) is 4.62. The highest BCUT2D eigenvalue weighted by Crippen LogP contribution is 2.35. The lowest BCUT2D eigenvalue weighted by Crippen LogP contribution is -2.40. The second kappa shape index (κ2) is 8.37. The number of pyridine rings is 1. The molecule has 1 aliphatic heterocycles. The van der Waals surface area contributed by atoms with Gasteiger partial charge in [0, 0.05) is 30.7 Å². The van der Waals surface area contributed by atoms with E-state index in [-0.39, 0.29) is 16.9 Å². The molecule has 6 nitrogen and oxygen atoms in total. The fourth-order valence-corrected chi connectivity index (χ4v) is 4.50. The van der Waals surface area contributed by atoms with E-state index >= 15 is 0 Å². The van der Waals surface area contributed by atoms with Crippen LogP contribution in [-0.4, -0.2) is 34.3 Å². The molecule has 5 rings (SSSR count). The van der Waals surface area contributed by atoms with Crippen molar-refractivity contribution in [3.63, 3.8) is 0 Å². The smallest absolute Gasteiger partial charge is 0.253 e. The number of rotatable bonds is 3. The first-order valence-corrected chi connectivity index (χ1v) is 10.9. The predicted molar refractivity (Wildman–Crippen MR) is 127 cm³/mol. The summed E-state index contributed by atoms with van der Waals surface area (Å²) in [6, 6.07) is 18.3. The van der Waals surface area contributed by atoms with Crippen LogP contribution in [0.5, 0.6) is 0 Å². The van der Waals surface area contributed by atoms with Crippen molar-refractivity contribution in [3.05, 3.63) is 87.6 Å². The molecule has 0 bridgehead atoms. The van der Waals surface area contributed by atoms with E-state index in [9.17, 15) is 4.79 Å². The van der Waals surface area contributed by atoms with Crippen molar-refractivity contribution in [2.24, 2.45) is 7.05 Å². The summed E-state index contributed by atoms with van der Waals surface area (Å²) in [5.74, 6) is 0.792. The van der Waals surface area contributed by atoms with Gasteiger partial charge in [-0.1, -0.05) is 36.4 Å². The maximum Gasteiger partial charge on any atom is 0.253 e. The van der Waals surface area contributed by atoms with E-state index in [2.05, 4.69) is 33.1 Å². The van der Waals surface area contributed by atoms with Gasteiger partial charge in [-0.15, -0.1) is 0 Å².